The quantitative estimate of drug-likeness (QED) is 0.394. The molecular weight excluding hydrogens is 150 g/mol. The Morgan fingerprint density at radius 1 is 1.40 bits per heavy atom. The van der Waals surface area contributed by atoms with Crippen molar-refractivity contribution in [2.75, 3.05) is 13.2 Å². The Labute approximate surface area is 74.2 Å². The maximum atomic E-state index is 10.5. The molecule has 6 heteroatoms. The van der Waals surface area contributed by atoms with Crippen LogP contribution in [0.3, 0.4) is 0 Å². The van der Waals surface area contributed by atoms with Gasteiger partial charge in [0.05, 0.1) is 13.2 Å². The van der Waals surface area contributed by atoms with Crippen molar-refractivity contribution in [3.05, 3.63) is 0 Å². The van der Waals surface area contributed by atoms with Crippen molar-refractivity contribution in [2.24, 2.45) is 0 Å². The normalized spacial score (nSPS) is 10.7. The molecule has 0 aliphatic heterocycles. The minimum atomic E-state index is -3.69. The Bertz CT molecular complexity index is 113. The Morgan fingerprint density at radius 3 is 1.90 bits per heavy atom. The molecule has 0 atom stereocenters. The zero-order valence-electron chi connectivity index (χ0n) is 7.53. The summed E-state index contributed by atoms with van der Waals surface area (Å²) >= 11 is 0. The first-order chi connectivity index (χ1) is 4.12. The largest absolute Gasteiger partial charge is 1.00 e. The van der Waals surface area contributed by atoms with Gasteiger partial charge in [-0.15, -0.1) is 0 Å². The first-order valence-corrected chi connectivity index (χ1v) is 4.23. The predicted octanol–water partition coefficient (Wildman–Crippen LogP) is -1.72. The van der Waals surface area contributed by atoms with Crippen LogP contribution in [-0.2, 0) is 13.6 Å². The molecule has 0 radical (unpaired) electrons. The van der Waals surface area contributed by atoms with Crippen LogP contribution >= 0.6 is 7.82 Å². The third kappa shape index (κ3) is 6.82. The monoisotopic (exact) mass is 162 g/mol. The molecule has 0 aromatic heterocycles. The molecule has 0 rings (SSSR count). The smallest absolute Gasteiger partial charge is 1.00 e. The average Bonchev–Trinajstić information content (AvgIpc) is 1.64. The van der Waals surface area contributed by atoms with Crippen molar-refractivity contribution in [3.63, 3.8) is 0 Å². The molecule has 0 bridgehead atoms. The molecule has 0 spiro atoms. The van der Waals surface area contributed by atoms with Crippen molar-refractivity contribution in [1.82, 2.24) is 0 Å². The Morgan fingerprint density at radius 2 is 1.70 bits per heavy atom. The van der Waals surface area contributed by atoms with Gasteiger partial charge in [0.15, 0.2) is 0 Å². The predicted molar refractivity (Wildman–Crippen MR) is 34.2 cm³/mol. The zero-order chi connectivity index (χ0) is 7.33. The summed E-state index contributed by atoms with van der Waals surface area (Å²) in [6.07, 6.45) is 0. The molecule has 1 N–H and O–H groups in total. The second-order valence-corrected chi connectivity index (χ2v) is 2.76. The second kappa shape index (κ2) is 6.42. The third-order valence-electron chi connectivity index (χ3n) is 0.584. The van der Waals surface area contributed by atoms with Gasteiger partial charge in [0, 0.05) is 0 Å². The van der Waals surface area contributed by atoms with Gasteiger partial charge < -0.3 is 6.32 Å². The van der Waals surface area contributed by atoms with E-state index in [1.165, 1.54) is 0 Å². The van der Waals surface area contributed by atoms with E-state index in [4.69, 9.17) is 4.89 Å². The van der Waals surface area contributed by atoms with Gasteiger partial charge in [-0.3, -0.25) is 9.05 Å². The van der Waals surface area contributed by atoms with Crippen LogP contribution in [-0.4, -0.2) is 18.1 Å². The summed E-state index contributed by atoms with van der Waals surface area (Å²) < 4.78 is 19.2. The molecule has 0 heterocycles. The maximum Gasteiger partial charge on any atom is 1.00 e. The Hall–Kier alpha value is 0.707. The third-order valence-corrected chi connectivity index (χ3v) is 1.75. The van der Waals surface area contributed by atoms with Crippen molar-refractivity contribution in [1.29, 1.82) is 0 Å². The van der Waals surface area contributed by atoms with Crippen molar-refractivity contribution < 1.29 is 38.8 Å². The van der Waals surface area contributed by atoms with Gasteiger partial charge in [0.25, 0.3) is 0 Å². The molecule has 0 saturated carbocycles. The van der Waals surface area contributed by atoms with E-state index in [1.807, 2.05) is 0 Å². The van der Waals surface area contributed by atoms with Crippen LogP contribution in [0.4, 0.5) is 0 Å². The number of phosphoric acid groups is 1. The molecule has 10 heavy (non-hydrogen) atoms. The summed E-state index contributed by atoms with van der Waals surface area (Å²) in [5.41, 5.74) is 0. The standard InChI is InChI=1S/C4H11O4P.Li.H/c1-3-7-9(5,6)8-4-2;;/h3-4H2,1-2H3,(H,5,6);;/q;+1;-1. The zero-order valence-corrected chi connectivity index (χ0v) is 7.43. The van der Waals surface area contributed by atoms with Crippen LogP contribution in [0.15, 0.2) is 0 Å². The van der Waals surface area contributed by atoms with Crippen LogP contribution in [0, 0.1) is 0 Å². The number of phosphoric ester groups is 1. The van der Waals surface area contributed by atoms with Crippen molar-refractivity contribution >= 4 is 7.82 Å². The van der Waals surface area contributed by atoms with Gasteiger partial charge >= 0.3 is 26.7 Å². The van der Waals surface area contributed by atoms with Gasteiger partial charge in [0.2, 0.25) is 0 Å². The summed E-state index contributed by atoms with van der Waals surface area (Å²) in [7, 11) is -3.69. The van der Waals surface area contributed by atoms with E-state index < -0.39 is 7.82 Å². The minimum absolute atomic E-state index is 0. The molecule has 0 saturated heterocycles. The number of rotatable bonds is 4. The summed E-state index contributed by atoms with van der Waals surface area (Å²) in [6, 6.07) is 0. The summed E-state index contributed by atoms with van der Waals surface area (Å²) in [6.45, 7) is 3.63. The first kappa shape index (κ1) is 13.3. The van der Waals surface area contributed by atoms with Gasteiger partial charge in [-0.2, -0.15) is 0 Å². The van der Waals surface area contributed by atoms with E-state index in [-0.39, 0.29) is 33.5 Å². The molecule has 0 aromatic carbocycles. The van der Waals surface area contributed by atoms with Crippen LogP contribution in [0.5, 0.6) is 0 Å². The van der Waals surface area contributed by atoms with Crippen molar-refractivity contribution in [3.8, 4) is 0 Å². The number of hydrogen-bond donors (Lipinski definition) is 1. The fraction of sp³-hybridized carbons (Fsp3) is 1.00. The fourth-order valence-corrected chi connectivity index (χ4v) is 1.09. The summed E-state index contributed by atoms with van der Waals surface area (Å²) in [4.78, 5) is 8.63. The van der Waals surface area contributed by atoms with E-state index >= 15 is 0 Å². The van der Waals surface area contributed by atoms with Crippen LogP contribution in [0.25, 0.3) is 0 Å². The van der Waals surface area contributed by atoms with E-state index in [9.17, 15) is 4.57 Å². The minimum Gasteiger partial charge on any atom is -1.00 e. The van der Waals surface area contributed by atoms with Crippen molar-refractivity contribution in [2.45, 2.75) is 13.8 Å². The van der Waals surface area contributed by atoms with Gasteiger partial charge in [-0.05, 0) is 13.8 Å². The molecule has 0 amide bonds. The van der Waals surface area contributed by atoms with Gasteiger partial charge in [0.1, 0.15) is 0 Å². The average molecular weight is 162 g/mol. The van der Waals surface area contributed by atoms with Crippen LogP contribution < -0.4 is 18.9 Å². The topological polar surface area (TPSA) is 55.8 Å². The fourth-order valence-electron chi connectivity index (χ4n) is 0.364. The Kier molecular flexibility index (Phi) is 8.54. The van der Waals surface area contributed by atoms with Gasteiger partial charge in [-0.1, -0.05) is 0 Å². The summed E-state index contributed by atoms with van der Waals surface area (Å²) in [5.74, 6) is 0. The molecule has 0 fully saturated rings. The van der Waals surface area contributed by atoms with Gasteiger partial charge in [-0.25, -0.2) is 4.57 Å². The SMILES string of the molecule is CCOP(=O)(O)OCC.[H-].[Li+]. The molecule has 0 aromatic rings. The Balaban J connectivity index is -0.000000320. The molecule has 0 aliphatic carbocycles. The summed E-state index contributed by atoms with van der Waals surface area (Å²) in [5, 5.41) is 0. The van der Waals surface area contributed by atoms with E-state index in [0.29, 0.717) is 0 Å². The van der Waals surface area contributed by atoms with Crippen LogP contribution in [0.1, 0.15) is 15.3 Å². The number of hydrogen-bond acceptors (Lipinski definition) is 3. The van der Waals surface area contributed by atoms with E-state index in [0.717, 1.165) is 0 Å². The van der Waals surface area contributed by atoms with E-state index in [2.05, 4.69) is 9.05 Å². The maximum absolute atomic E-state index is 10.5. The molecule has 0 unspecified atom stereocenters. The second-order valence-electron chi connectivity index (χ2n) is 1.30. The molecular formula is C4H12LiO4P. The molecule has 4 nitrogen and oxygen atoms in total. The molecule has 58 valence electrons. The van der Waals surface area contributed by atoms with Crippen LogP contribution in [0.2, 0.25) is 0 Å². The first-order valence-electron chi connectivity index (χ1n) is 2.74. The molecule has 0 aliphatic rings. The van der Waals surface area contributed by atoms with E-state index in [1.54, 1.807) is 13.8 Å².